The third kappa shape index (κ3) is 2.99. The summed E-state index contributed by atoms with van der Waals surface area (Å²) in [6.45, 7) is 4.17. The number of aliphatic carboxylic acids is 1. The summed E-state index contributed by atoms with van der Waals surface area (Å²) in [7, 11) is 0. The number of ether oxygens (including phenoxy) is 1. The van der Waals surface area contributed by atoms with Gasteiger partial charge in [0.2, 0.25) is 0 Å². The molecule has 1 unspecified atom stereocenters. The molecule has 0 saturated heterocycles. The number of carbonyl (C=O) groups excluding carboxylic acids is 1. The summed E-state index contributed by atoms with van der Waals surface area (Å²) < 4.78 is 7.03. The maximum atomic E-state index is 12.8. The fraction of sp³-hybridized carbons (Fsp3) is 0.263. The number of amides is 1. The van der Waals surface area contributed by atoms with Crippen LogP contribution in [0.25, 0.3) is 5.65 Å². The number of nitrogens with one attached hydrogen (secondary N) is 1. The molecule has 2 N–H and O–H groups in total. The van der Waals surface area contributed by atoms with Gasteiger partial charge in [-0.25, -0.2) is 14.3 Å². The van der Waals surface area contributed by atoms with E-state index in [0.717, 1.165) is 23.4 Å². The van der Waals surface area contributed by atoms with Crippen LogP contribution in [0.15, 0.2) is 30.5 Å². The summed E-state index contributed by atoms with van der Waals surface area (Å²) in [6, 6.07) is 5.81. The number of hydrogen-bond acceptors (Lipinski definition) is 5. The van der Waals surface area contributed by atoms with Crippen molar-refractivity contribution in [2.45, 2.75) is 26.3 Å². The molecule has 138 valence electrons. The standard InChI is InChI=1S/C19H18N4O4/c1-10-7-16-20-9-14(11(2)23(16)22-10)18(24)21-17(19(25)26)13-3-4-15-12(8-13)5-6-27-15/h3-4,7-9,17H,5-6H2,1-2H3,(H,21,24)(H,25,26). The molecule has 3 heterocycles. The van der Waals surface area contributed by atoms with E-state index < -0.39 is 17.9 Å². The predicted octanol–water partition coefficient (Wildman–Crippen LogP) is 1.84. The number of carboxylic acid groups (broad SMARTS) is 1. The summed E-state index contributed by atoms with van der Waals surface area (Å²) in [6.07, 6.45) is 2.17. The number of nitrogens with zero attached hydrogens (tertiary/aromatic N) is 3. The molecular weight excluding hydrogens is 348 g/mol. The van der Waals surface area contributed by atoms with Crippen LogP contribution in [-0.2, 0) is 11.2 Å². The van der Waals surface area contributed by atoms with Crippen molar-refractivity contribution < 1.29 is 19.4 Å². The van der Waals surface area contributed by atoms with E-state index in [2.05, 4.69) is 15.4 Å². The van der Waals surface area contributed by atoms with Crippen molar-refractivity contribution in [2.24, 2.45) is 0 Å². The second-order valence-electron chi connectivity index (χ2n) is 6.52. The van der Waals surface area contributed by atoms with Crippen molar-refractivity contribution >= 4 is 17.5 Å². The number of carbonyl (C=O) groups is 2. The summed E-state index contributed by atoms with van der Waals surface area (Å²) >= 11 is 0. The molecule has 3 aromatic rings. The minimum absolute atomic E-state index is 0.279. The van der Waals surface area contributed by atoms with Crippen LogP contribution in [0.2, 0.25) is 0 Å². The summed E-state index contributed by atoms with van der Waals surface area (Å²) in [4.78, 5) is 28.8. The molecule has 0 fully saturated rings. The Morgan fingerprint density at radius 1 is 1.30 bits per heavy atom. The first-order chi connectivity index (χ1) is 12.9. The van der Waals surface area contributed by atoms with E-state index in [1.807, 2.05) is 6.92 Å². The minimum atomic E-state index is -1.17. The first-order valence-electron chi connectivity index (χ1n) is 8.55. The van der Waals surface area contributed by atoms with Gasteiger partial charge in [0.15, 0.2) is 11.7 Å². The van der Waals surface area contributed by atoms with Crippen LogP contribution in [-0.4, -0.2) is 38.2 Å². The Kier molecular flexibility index (Phi) is 4.02. The normalized spacial score (nSPS) is 13.9. The second-order valence-corrected chi connectivity index (χ2v) is 6.52. The van der Waals surface area contributed by atoms with Crippen molar-refractivity contribution in [1.82, 2.24) is 19.9 Å². The number of hydrogen-bond donors (Lipinski definition) is 2. The van der Waals surface area contributed by atoms with Crippen molar-refractivity contribution in [1.29, 1.82) is 0 Å². The van der Waals surface area contributed by atoms with Crippen LogP contribution < -0.4 is 10.1 Å². The van der Waals surface area contributed by atoms with Crippen LogP contribution in [0.3, 0.4) is 0 Å². The van der Waals surface area contributed by atoms with Crippen molar-refractivity contribution in [3.8, 4) is 5.75 Å². The van der Waals surface area contributed by atoms with E-state index in [9.17, 15) is 14.7 Å². The van der Waals surface area contributed by atoms with Gasteiger partial charge < -0.3 is 15.2 Å². The molecule has 0 spiro atoms. The Bertz CT molecular complexity index is 1070. The van der Waals surface area contributed by atoms with Gasteiger partial charge in [-0.15, -0.1) is 0 Å². The lowest BCUT2D eigenvalue weighted by Crippen LogP contribution is -2.34. The first kappa shape index (κ1) is 17.0. The van der Waals surface area contributed by atoms with E-state index in [0.29, 0.717) is 23.5 Å². The number of aromatic nitrogens is 3. The lowest BCUT2D eigenvalue weighted by molar-refractivity contribution is -0.139. The number of rotatable bonds is 4. The Hall–Kier alpha value is -3.42. The fourth-order valence-corrected chi connectivity index (χ4v) is 3.27. The number of benzene rings is 1. The highest BCUT2D eigenvalue weighted by atomic mass is 16.5. The van der Waals surface area contributed by atoms with Gasteiger partial charge >= 0.3 is 5.97 Å². The zero-order chi connectivity index (χ0) is 19.1. The predicted molar refractivity (Wildman–Crippen MR) is 95.9 cm³/mol. The quantitative estimate of drug-likeness (QED) is 0.730. The molecule has 1 aromatic carbocycles. The Morgan fingerprint density at radius 2 is 2.11 bits per heavy atom. The molecule has 27 heavy (non-hydrogen) atoms. The van der Waals surface area contributed by atoms with Crippen LogP contribution in [0, 0.1) is 13.8 Å². The second kappa shape index (κ2) is 6.39. The van der Waals surface area contributed by atoms with Gasteiger partial charge in [-0.3, -0.25) is 4.79 Å². The first-order valence-corrected chi connectivity index (χ1v) is 8.55. The van der Waals surface area contributed by atoms with Crippen LogP contribution in [0.5, 0.6) is 5.75 Å². The van der Waals surface area contributed by atoms with Crippen LogP contribution in [0.1, 0.15) is 38.9 Å². The van der Waals surface area contributed by atoms with Gasteiger partial charge in [-0.2, -0.15) is 5.10 Å². The van der Waals surface area contributed by atoms with E-state index in [-0.39, 0.29) is 5.56 Å². The molecule has 2 aromatic heterocycles. The van der Waals surface area contributed by atoms with Gasteiger partial charge in [-0.05, 0) is 37.1 Å². The molecule has 4 rings (SSSR count). The largest absolute Gasteiger partial charge is 0.493 e. The zero-order valence-corrected chi connectivity index (χ0v) is 14.9. The number of carboxylic acids is 1. The minimum Gasteiger partial charge on any atom is -0.493 e. The highest BCUT2D eigenvalue weighted by Gasteiger charge is 2.26. The van der Waals surface area contributed by atoms with Crippen LogP contribution >= 0.6 is 0 Å². The van der Waals surface area contributed by atoms with Gasteiger partial charge in [0.1, 0.15) is 5.75 Å². The van der Waals surface area contributed by atoms with Gasteiger partial charge in [-0.1, -0.05) is 6.07 Å². The lowest BCUT2D eigenvalue weighted by atomic mass is 10.0. The maximum Gasteiger partial charge on any atom is 0.330 e. The zero-order valence-electron chi connectivity index (χ0n) is 14.9. The van der Waals surface area contributed by atoms with Gasteiger partial charge in [0.25, 0.3) is 5.91 Å². The molecule has 1 aliphatic rings. The maximum absolute atomic E-state index is 12.8. The van der Waals surface area contributed by atoms with Crippen molar-refractivity contribution in [2.75, 3.05) is 6.61 Å². The highest BCUT2D eigenvalue weighted by Crippen LogP contribution is 2.28. The number of fused-ring (bicyclic) bond motifs is 2. The summed E-state index contributed by atoms with van der Waals surface area (Å²) in [5.41, 5.74) is 3.74. The molecule has 0 aliphatic carbocycles. The third-order valence-corrected chi connectivity index (χ3v) is 4.66. The van der Waals surface area contributed by atoms with Crippen molar-refractivity contribution in [3.63, 3.8) is 0 Å². The van der Waals surface area contributed by atoms with Crippen molar-refractivity contribution in [3.05, 3.63) is 58.5 Å². The summed E-state index contributed by atoms with van der Waals surface area (Å²) in [5.74, 6) is -0.892. The SMILES string of the molecule is Cc1cc2ncc(C(=O)NC(C(=O)O)c3ccc4c(c3)CCO4)c(C)n2n1. The molecular formula is C19H18N4O4. The van der Waals surface area contributed by atoms with E-state index in [4.69, 9.17) is 4.74 Å². The Balaban J connectivity index is 1.65. The van der Waals surface area contributed by atoms with E-state index in [1.54, 1.807) is 35.7 Å². The molecule has 8 heteroatoms. The average molecular weight is 366 g/mol. The highest BCUT2D eigenvalue weighted by molar-refractivity contribution is 5.97. The van der Waals surface area contributed by atoms with Gasteiger partial charge in [0.05, 0.1) is 23.6 Å². The fourth-order valence-electron chi connectivity index (χ4n) is 3.27. The van der Waals surface area contributed by atoms with Crippen LogP contribution in [0.4, 0.5) is 0 Å². The molecule has 0 radical (unpaired) electrons. The molecule has 0 saturated carbocycles. The molecule has 8 nitrogen and oxygen atoms in total. The third-order valence-electron chi connectivity index (χ3n) is 4.66. The monoisotopic (exact) mass is 366 g/mol. The molecule has 1 atom stereocenters. The van der Waals surface area contributed by atoms with E-state index in [1.165, 1.54) is 6.20 Å². The molecule has 0 bridgehead atoms. The summed E-state index contributed by atoms with van der Waals surface area (Å²) in [5, 5.41) is 16.5. The average Bonchev–Trinajstić information content (AvgIpc) is 3.24. The topological polar surface area (TPSA) is 106 Å². The Morgan fingerprint density at radius 3 is 2.89 bits per heavy atom. The molecule has 1 amide bonds. The Labute approximate surface area is 154 Å². The van der Waals surface area contributed by atoms with E-state index >= 15 is 0 Å². The van der Waals surface area contributed by atoms with Gasteiger partial charge in [0, 0.05) is 18.7 Å². The number of aryl methyl sites for hydroxylation is 2. The molecule has 1 aliphatic heterocycles. The lowest BCUT2D eigenvalue weighted by Gasteiger charge is -2.16. The smallest absolute Gasteiger partial charge is 0.330 e.